The van der Waals surface area contributed by atoms with Crippen LogP contribution < -0.4 is 0 Å². The number of likely N-dealkylation sites (N-methyl/N-ethyl adjacent to an activating group) is 1. The van der Waals surface area contributed by atoms with Crippen LogP contribution in [0, 0.1) is 5.92 Å². The molecule has 1 aromatic carbocycles. The second kappa shape index (κ2) is 6.91. The van der Waals surface area contributed by atoms with Gasteiger partial charge >= 0.3 is 0 Å². The predicted octanol–water partition coefficient (Wildman–Crippen LogP) is 3.23. The van der Waals surface area contributed by atoms with Crippen LogP contribution in [0.15, 0.2) is 30.3 Å². The van der Waals surface area contributed by atoms with E-state index in [0.717, 1.165) is 24.6 Å². The Kier molecular flexibility index (Phi) is 5.21. The van der Waals surface area contributed by atoms with Crippen molar-refractivity contribution in [2.45, 2.75) is 38.2 Å². The minimum absolute atomic E-state index is 0.361. The third-order valence-electron chi connectivity index (χ3n) is 3.96. The van der Waals surface area contributed by atoms with Gasteiger partial charge in [-0.3, -0.25) is 0 Å². The van der Waals surface area contributed by atoms with Crippen molar-refractivity contribution in [3.63, 3.8) is 0 Å². The highest BCUT2D eigenvalue weighted by Gasteiger charge is 2.17. The fourth-order valence-electron chi connectivity index (χ4n) is 2.96. The van der Waals surface area contributed by atoms with Crippen LogP contribution in [0.2, 0.25) is 0 Å². The van der Waals surface area contributed by atoms with Gasteiger partial charge in [0.05, 0.1) is 6.10 Å². The number of aliphatic hydroxyl groups excluding tert-OH is 1. The van der Waals surface area contributed by atoms with Crippen molar-refractivity contribution in [2.75, 3.05) is 20.1 Å². The molecule has 1 aliphatic carbocycles. The second-order valence-electron chi connectivity index (χ2n) is 5.65. The summed E-state index contributed by atoms with van der Waals surface area (Å²) in [7, 11) is 2.13. The summed E-state index contributed by atoms with van der Waals surface area (Å²) in [6.45, 7) is 1.87. The van der Waals surface area contributed by atoms with E-state index in [9.17, 15) is 5.11 Å². The van der Waals surface area contributed by atoms with Gasteiger partial charge in [-0.15, -0.1) is 0 Å². The Morgan fingerprint density at radius 1 is 1.17 bits per heavy atom. The van der Waals surface area contributed by atoms with Crippen molar-refractivity contribution in [1.29, 1.82) is 0 Å². The first-order valence-corrected chi connectivity index (χ1v) is 7.17. The van der Waals surface area contributed by atoms with Crippen LogP contribution >= 0.6 is 0 Å². The lowest BCUT2D eigenvalue weighted by molar-refractivity contribution is 0.113. The maximum Gasteiger partial charge on any atom is 0.0916 e. The number of hydrogen-bond acceptors (Lipinski definition) is 2. The molecule has 0 bridgehead atoms. The van der Waals surface area contributed by atoms with Gasteiger partial charge in [0.25, 0.3) is 0 Å². The summed E-state index contributed by atoms with van der Waals surface area (Å²) in [5.41, 5.74) is 1.02. The van der Waals surface area contributed by atoms with Crippen LogP contribution in [0.1, 0.15) is 43.8 Å². The molecule has 1 aliphatic rings. The molecule has 0 saturated heterocycles. The molecule has 0 aliphatic heterocycles. The van der Waals surface area contributed by atoms with E-state index >= 15 is 0 Å². The topological polar surface area (TPSA) is 23.5 Å². The summed E-state index contributed by atoms with van der Waals surface area (Å²) in [5, 5.41) is 10.2. The first-order valence-electron chi connectivity index (χ1n) is 7.17. The Labute approximate surface area is 111 Å². The minimum atomic E-state index is -0.361. The zero-order chi connectivity index (χ0) is 12.8. The summed E-state index contributed by atoms with van der Waals surface area (Å²) in [6.07, 6.45) is 6.56. The molecule has 1 aromatic rings. The largest absolute Gasteiger partial charge is 0.387 e. The molecule has 0 radical (unpaired) electrons. The maximum absolute atomic E-state index is 10.2. The van der Waals surface area contributed by atoms with E-state index in [0.29, 0.717) is 0 Å². The van der Waals surface area contributed by atoms with Crippen molar-refractivity contribution < 1.29 is 5.11 Å². The van der Waals surface area contributed by atoms with Gasteiger partial charge in [0.2, 0.25) is 0 Å². The van der Waals surface area contributed by atoms with Gasteiger partial charge in [-0.1, -0.05) is 49.6 Å². The molecule has 2 rings (SSSR count). The van der Waals surface area contributed by atoms with E-state index in [4.69, 9.17) is 0 Å². The Hall–Kier alpha value is -0.860. The monoisotopic (exact) mass is 247 g/mol. The van der Waals surface area contributed by atoms with Crippen molar-refractivity contribution in [3.05, 3.63) is 35.9 Å². The van der Waals surface area contributed by atoms with Gasteiger partial charge < -0.3 is 10.0 Å². The van der Waals surface area contributed by atoms with E-state index in [1.165, 1.54) is 32.1 Å². The Balaban J connectivity index is 1.78. The van der Waals surface area contributed by atoms with Crippen LogP contribution in [-0.2, 0) is 0 Å². The minimum Gasteiger partial charge on any atom is -0.387 e. The van der Waals surface area contributed by atoms with Crippen molar-refractivity contribution in [2.24, 2.45) is 5.92 Å². The standard InChI is InChI=1S/C16H25NO/c1-17(12-14-8-4-2-5-9-14)13-16(18)15-10-6-3-7-11-15/h3,6-7,10-11,14,16,18H,2,4-5,8-9,12-13H2,1H3. The molecule has 18 heavy (non-hydrogen) atoms. The zero-order valence-corrected chi connectivity index (χ0v) is 11.4. The zero-order valence-electron chi connectivity index (χ0n) is 11.4. The average Bonchev–Trinajstić information content (AvgIpc) is 2.40. The Bertz CT molecular complexity index is 332. The molecule has 2 nitrogen and oxygen atoms in total. The molecule has 2 heteroatoms. The SMILES string of the molecule is CN(CC1CCCCC1)CC(O)c1ccccc1. The van der Waals surface area contributed by atoms with E-state index < -0.39 is 0 Å². The van der Waals surface area contributed by atoms with Crippen LogP contribution in [0.3, 0.4) is 0 Å². The summed E-state index contributed by atoms with van der Waals surface area (Å²) >= 11 is 0. The number of rotatable bonds is 5. The van der Waals surface area contributed by atoms with Crippen LogP contribution in [0.4, 0.5) is 0 Å². The summed E-state index contributed by atoms with van der Waals surface area (Å²) in [6, 6.07) is 9.96. The van der Waals surface area contributed by atoms with Gasteiger partial charge in [0, 0.05) is 13.1 Å². The molecule has 0 heterocycles. The summed E-state index contributed by atoms with van der Waals surface area (Å²) in [5.74, 6) is 0.840. The molecule has 100 valence electrons. The summed E-state index contributed by atoms with van der Waals surface area (Å²) < 4.78 is 0. The van der Waals surface area contributed by atoms with Crippen LogP contribution in [0.25, 0.3) is 0 Å². The second-order valence-corrected chi connectivity index (χ2v) is 5.65. The molecule has 0 aromatic heterocycles. The first kappa shape index (κ1) is 13.6. The van der Waals surface area contributed by atoms with Gasteiger partial charge in [-0.2, -0.15) is 0 Å². The fraction of sp³-hybridized carbons (Fsp3) is 0.625. The van der Waals surface area contributed by atoms with E-state index in [-0.39, 0.29) is 6.10 Å². The fourth-order valence-corrected chi connectivity index (χ4v) is 2.96. The smallest absolute Gasteiger partial charge is 0.0916 e. The van der Waals surface area contributed by atoms with Crippen LogP contribution in [0.5, 0.6) is 0 Å². The maximum atomic E-state index is 10.2. The lowest BCUT2D eigenvalue weighted by atomic mass is 9.89. The summed E-state index contributed by atoms with van der Waals surface area (Å²) in [4.78, 5) is 2.29. The lowest BCUT2D eigenvalue weighted by Gasteiger charge is -2.28. The quantitative estimate of drug-likeness (QED) is 0.863. The van der Waals surface area contributed by atoms with Gasteiger partial charge in [0.1, 0.15) is 0 Å². The van der Waals surface area contributed by atoms with Crippen molar-refractivity contribution >= 4 is 0 Å². The number of hydrogen-bond donors (Lipinski definition) is 1. The van der Waals surface area contributed by atoms with Gasteiger partial charge in [-0.05, 0) is 31.4 Å². The lowest BCUT2D eigenvalue weighted by Crippen LogP contribution is -2.30. The third kappa shape index (κ3) is 4.11. The first-order chi connectivity index (χ1) is 8.75. The molecule has 0 spiro atoms. The van der Waals surface area contributed by atoms with E-state index in [2.05, 4.69) is 11.9 Å². The van der Waals surface area contributed by atoms with Gasteiger partial charge in [-0.25, -0.2) is 0 Å². The number of aliphatic hydroxyl groups is 1. The molecule has 1 unspecified atom stereocenters. The Morgan fingerprint density at radius 3 is 2.50 bits per heavy atom. The highest BCUT2D eigenvalue weighted by atomic mass is 16.3. The molecule has 1 N–H and O–H groups in total. The molecule has 1 saturated carbocycles. The highest BCUT2D eigenvalue weighted by molar-refractivity contribution is 5.17. The van der Waals surface area contributed by atoms with Crippen LogP contribution in [-0.4, -0.2) is 30.1 Å². The highest BCUT2D eigenvalue weighted by Crippen LogP contribution is 2.24. The van der Waals surface area contributed by atoms with E-state index in [1.54, 1.807) is 0 Å². The normalized spacial score (nSPS) is 19.1. The predicted molar refractivity (Wildman–Crippen MR) is 75.5 cm³/mol. The molecular formula is C16H25NO. The number of benzene rings is 1. The average molecular weight is 247 g/mol. The third-order valence-corrected chi connectivity index (χ3v) is 3.96. The van der Waals surface area contributed by atoms with Gasteiger partial charge in [0.15, 0.2) is 0 Å². The molecule has 1 atom stereocenters. The van der Waals surface area contributed by atoms with Crippen molar-refractivity contribution in [3.8, 4) is 0 Å². The van der Waals surface area contributed by atoms with E-state index in [1.807, 2.05) is 30.3 Å². The molecule has 0 amide bonds. The number of nitrogens with zero attached hydrogens (tertiary/aromatic N) is 1. The molecular weight excluding hydrogens is 222 g/mol. The molecule has 1 fully saturated rings. The Morgan fingerprint density at radius 2 is 1.83 bits per heavy atom. The van der Waals surface area contributed by atoms with Crippen molar-refractivity contribution in [1.82, 2.24) is 4.90 Å².